The second-order valence-electron chi connectivity index (χ2n) is 5.55. The molecule has 0 aliphatic carbocycles. The van der Waals surface area contributed by atoms with Gasteiger partial charge >= 0.3 is 6.18 Å². The van der Waals surface area contributed by atoms with Gasteiger partial charge in [-0.1, -0.05) is 47.5 Å². The molecule has 1 aliphatic heterocycles. The summed E-state index contributed by atoms with van der Waals surface area (Å²) in [5.74, 6) is 0. The molecule has 0 spiro atoms. The summed E-state index contributed by atoms with van der Waals surface area (Å²) in [5.41, 5.74) is 6.59. The van der Waals surface area contributed by atoms with Crippen LogP contribution in [0.15, 0.2) is 48.5 Å². The van der Waals surface area contributed by atoms with E-state index < -0.39 is 11.8 Å². The lowest BCUT2D eigenvalue weighted by molar-refractivity contribution is -0.269. The molecule has 0 amide bonds. The summed E-state index contributed by atoms with van der Waals surface area (Å²) in [4.78, 5) is 5.02. The zero-order valence-corrected chi connectivity index (χ0v) is 14.2. The smallest absolute Gasteiger partial charge is 0.326 e. The molecule has 0 saturated heterocycles. The normalized spacial score (nSPS) is 20.3. The van der Waals surface area contributed by atoms with Crippen molar-refractivity contribution in [3.63, 3.8) is 0 Å². The fourth-order valence-corrected chi connectivity index (χ4v) is 3.10. The third-order valence-electron chi connectivity index (χ3n) is 3.88. The third-order valence-corrected chi connectivity index (χ3v) is 4.32. The number of halogens is 5. The van der Waals surface area contributed by atoms with Crippen molar-refractivity contribution in [1.29, 1.82) is 0 Å². The van der Waals surface area contributed by atoms with E-state index >= 15 is 0 Å². The minimum atomic E-state index is -4.73. The van der Waals surface area contributed by atoms with Crippen LogP contribution in [-0.2, 0) is 17.0 Å². The lowest BCUT2D eigenvalue weighted by Gasteiger charge is -2.28. The van der Waals surface area contributed by atoms with Crippen LogP contribution in [-0.4, -0.2) is 6.18 Å². The van der Waals surface area contributed by atoms with Gasteiger partial charge < -0.3 is 5.73 Å². The van der Waals surface area contributed by atoms with Gasteiger partial charge in [-0.2, -0.15) is 13.2 Å². The Bertz CT molecular complexity index is 801. The Morgan fingerprint density at radius 3 is 2.16 bits per heavy atom. The monoisotopic (exact) mass is 388 g/mol. The molecule has 3 nitrogen and oxygen atoms in total. The number of hydrogen-bond donors (Lipinski definition) is 2. The zero-order chi connectivity index (χ0) is 18.2. The first kappa shape index (κ1) is 18.1. The SMILES string of the molecule is NCc1ccc(C2=CC(c3cc(Cl)cc(Cl)c3)(C(F)(F)F)ON2)cc1. The van der Waals surface area contributed by atoms with Gasteiger partial charge in [0.1, 0.15) is 0 Å². The van der Waals surface area contributed by atoms with E-state index in [-0.39, 0.29) is 21.3 Å². The molecule has 1 aliphatic rings. The van der Waals surface area contributed by atoms with Crippen LogP contribution in [0.3, 0.4) is 0 Å². The number of nitrogens with one attached hydrogen (secondary N) is 1. The Morgan fingerprint density at radius 1 is 1.04 bits per heavy atom. The molecular formula is C17H13Cl2F3N2O. The summed E-state index contributed by atoms with van der Waals surface area (Å²) < 4.78 is 41.6. The van der Waals surface area contributed by atoms with Gasteiger partial charge in [0.15, 0.2) is 0 Å². The molecule has 25 heavy (non-hydrogen) atoms. The van der Waals surface area contributed by atoms with Gasteiger partial charge in [0, 0.05) is 22.2 Å². The van der Waals surface area contributed by atoms with Crippen molar-refractivity contribution in [1.82, 2.24) is 5.48 Å². The van der Waals surface area contributed by atoms with Gasteiger partial charge in [-0.05, 0) is 35.4 Å². The number of benzene rings is 2. The number of rotatable bonds is 3. The van der Waals surface area contributed by atoms with Crippen LogP contribution < -0.4 is 11.2 Å². The summed E-state index contributed by atoms with van der Waals surface area (Å²) in [6.07, 6.45) is -3.75. The summed E-state index contributed by atoms with van der Waals surface area (Å²) in [6.45, 7) is 0.344. The largest absolute Gasteiger partial charge is 0.428 e. The van der Waals surface area contributed by atoms with Crippen molar-refractivity contribution in [3.8, 4) is 0 Å². The summed E-state index contributed by atoms with van der Waals surface area (Å²) >= 11 is 11.7. The van der Waals surface area contributed by atoms with E-state index in [4.69, 9.17) is 33.8 Å². The van der Waals surface area contributed by atoms with Gasteiger partial charge in [0.2, 0.25) is 5.60 Å². The van der Waals surface area contributed by atoms with Gasteiger partial charge in [0.25, 0.3) is 0 Å². The molecular weight excluding hydrogens is 376 g/mol. The molecule has 0 fully saturated rings. The van der Waals surface area contributed by atoms with Crippen molar-refractivity contribution >= 4 is 28.9 Å². The van der Waals surface area contributed by atoms with Gasteiger partial charge in [-0.25, -0.2) is 0 Å². The van der Waals surface area contributed by atoms with E-state index in [0.29, 0.717) is 12.1 Å². The fraction of sp³-hybridized carbons (Fsp3) is 0.176. The maximum absolute atomic E-state index is 13.9. The van der Waals surface area contributed by atoms with Gasteiger partial charge in [-0.15, -0.1) is 0 Å². The molecule has 2 aromatic rings. The second-order valence-corrected chi connectivity index (χ2v) is 6.43. The molecule has 3 N–H and O–H groups in total. The fourth-order valence-electron chi connectivity index (χ4n) is 2.57. The van der Waals surface area contributed by atoms with Crippen molar-refractivity contribution < 1.29 is 18.0 Å². The number of hydroxylamine groups is 1. The van der Waals surface area contributed by atoms with E-state index in [9.17, 15) is 13.2 Å². The number of nitrogens with two attached hydrogens (primary N) is 1. The maximum Gasteiger partial charge on any atom is 0.428 e. The van der Waals surface area contributed by atoms with Crippen molar-refractivity contribution in [2.75, 3.05) is 0 Å². The number of alkyl halides is 3. The van der Waals surface area contributed by atoms with Crippen molar-refractivity contribution in [3.05, 3.63) is 75.3 Å². The average Bonchev–Trinajstić information content (AvgIpc) is 3.00. The molecule has 2 aromatic carbocycles. The Kier molecular flexibility index (Phi) is 4.72. The average molecular weight is 389 g/mol. The van der Waals surface area contributed by atoms with Gasteiger partial charge in [0.05, 0.1) is 5.70 Å². The predicted octanol–water partition coefficient (Wildman–Crippen LogP) is 4.79. The highest BCUT2D eigenvalue weighted by Crippen LogP contribution is 2.48. The third kappa shape index (κ3) is 3.35. The lowest BCUT2D eigenvalue weighted by atomic mass is 9.91. The highest BCUT2D eigenvalue weighted by molar-refractivity contribution is 6.34. The van der Waals surface area contributed by atoms with E-state index in [1.807, 2.05) is 0 Å². The molecule has 1 unspecified atom stereocenters. The molecule has 3 rings (SSSR count). The molecule has 1 atom stereocenters. The minimum absolute atomic E-state index is 0.0869. The first-order valence-corrected chi connectivity index (χ1v) is 8.00. The molecule has 0 saturated carbocycles. The topological polar surface area (TPSA) is 47.3 Å². The van der Waals surface area contributed by atoms with Crippen molar-refractivity contribution in [2.24, 2.45) is 5.73 Å². The van der Waals surface area contributed by atoms with E-state index in [1.54, 1.807) is 24.3 Å². The lowest BCUT2D eigenvalue weighted by Crippen LogP contribution is -2.42. The van der Waals surface area contributed by atoms with Crippen LogP contribution >= 0.6 is 23.2 Å². The van der Waals surface area contributed by atoms with E-state index in [2.05, 4.69) is 5.48 Å². The summed E-state index contributed by atoms with van der Waals surface area (Å²) in [5, 5.41) is 0.174. The highest BCUT2D eigenvalue weighted by Gasteiger charge is 2.59. The Morgan fingerprint density at radius 2 is 1.64 bits per heavy atom. The van der Waals surface area contributed by atoms with Crippen molar-refractivity contribution in [2.45, 2.75) is 18.3 Å². The Hall–Kier alpha value is -1.73. The van der Waals surface area contributed by atoms with Crippen LogP contribution in [0.1, 0.15) is 16.7 Å². The maximum atomic E-state index is 13.9. The molecule has 0 bridgehead atoms. The van der Waals surface area contributed by atoms with Crippen LogP contribution in [0.25, 0.3) is 5.70 Å². The van der Waals surface area contributed by atoms with Crippen LogP contribution in [0.2, 0.25) is 10.0 Å². The Labute approximate surface area is 152 Å². The van der Waals surface area contributed by atoms with Crippen LogP contribution in [0, 0.1) is 0 Å². The first-order valence-electron chi connectivity index (χ1n) is 7.25. The van der Waals surface area contributed by atoms with Gasteiger partial charge in [-0.3, -0.25) is 10.3 Å². The number of hydrogen-bond acceptors (Lipinski definition) is 3. The quantitative estimate of drug-likeness (QED) is 0.794. The molecule has 0 aromatic heterocycles. The summed E-state index contributed by atoms with van der Waals surface area (Å²) in [7, 11) is 0. The highest BCUT2D eigenvalue weighted by atomic mass is 35.5. The zero-order valence-electron chi connectivity index (χ0n) is 12.7. The second kappa shape index (κ2) is 6.53. The van der Waals surface area contributed by atoms with E-state index in [1.165, 1.54) is 18.2 Å². The molecule has 0 radical (unpaired) electrons. The standard InChI is InChI=1S/C17H13Cl2F3N2O/c18-13-5-12(6-14(19)7-13)16(17(20,21)22)8-15(24-25-16)11-3-1-10(9-23)2-4-11/h1-8,24H,9,23H2. The molecule has 1 heterocycles. The first-order chi connectivity index (χ1) is 11.7. The molecule has 132 valence electrons. The van der Waals surface area contributed by atoms with Crippen LogP contribution in [0.5, 0.6) is 0 Å². The van der Waals surface area contributed by atoms with E-state index in [0.717, 1.165) is 11.6 Å². The predicted molar refractivity (Wildman–Crippen MR) is 90.7 cm³/mol. The molecule has 8 heteroatoms. The summed E-state index contributed by atoms with van der Waals surface area (Å²) in [6, 6.07) is 10.5. The van der Waals surface area contributed by atoms with Crippen LogP contribution in [0.4, 0.5) is 13.2 Å². The minimum Gasteiger partial charge on any atom is -0.326 e. The Balaban J connectivity index is 2.10.